The summed E-state index contributed by atoms with van der Waals surface area (Å²) in [5.74, 6) is 0. The third kappa shape index (κ3) is 2.95. The largest absolute Gasteiger partial charge is 0.397 e. The standard InChI is InChI=1S/C14H21ClN2O2S/c1-9-7-10(8-11(16)13(9)15)20(18,19)17-12-5-4-6-14(12,2)3/h7-8,12,17H,4-6,16H2,1-3H3. The maximum absolute atomic E-state index is 12.5. The summed E-state index contributed by atoms with van der Waals surface area (Å²) in [6.45, 7) is 5.93. The fourth-order valence-corrected chi connectivity index (χ4v) is 4.39. The smallest absolute Gasteiger partial charge is 0.240 e. The molecule has 1 aliphatic carbocycles. The Morgan fingerprint density at radius 3 is 2.55 bits per heavy atom. The van der Waals surface area contributed by atoms with Crippen molar-refractivity contribution in [2.75, 3.05) is 5.73 Å². The first kappa shape index (κ1) is 15.6. The summed E-state index contributed by atoms with van der Waals surface area (Å²) in [5.41, 5.74) is 6.70. The van der Waals surface area contributed by atoms with Crippen molar-refractivity contribution in [2.45, 2.75) is 51.0 Å². The van der Waals surface area contributed by atoms with Gasteiger partial charge in [-0.25, -0.2) is 13.1 Å². The number of nitrogens with one attached hydrogen (secondary N) is 1. The summed E-state index contributed by atoms with van der Waals surface area (Å²) < 4.78 is 27.8. The summed E-state index contributed by atoms with van der Waals surface area (Å²) in [6, 6.07) is 2.94. The number of hydrogen-bond donors (Lipinski definition) is 2. The molecule has 1 atom stereocenters. The van der Waals surface area contributed by atoms with E-state index in [0.717, 1.165) is 19.3 Å². The molecule has 112 valence electrons. The van der Waals surface area contributed by atoms with Crippen molar-refractivity contribution >= 4 is 27.3 Å². The van der Waals surface area contributed by atoms with E-state index in [4.69, 9.17) is 17.3 Å². The van der Waals surface area contributed by atoms with E-state index in [-0.39, 0.29) is 22.0 Å². The minimum Gasteiger partial charge on any atom is -0.397 e. The van der Waals surface area contributed by atoms with Gasteiger partial charge in [0.2, 0.25) is 10.0 Å². The van der Waals surface area contributed by atoms with Crippen LogP contribution in [0.2, 0.25) is 5.02 Å². The van der Waals surface area contributed by atoms with Crippen LogP contribution in [0.25, 0.3) is 0 Å². The highest BCUT2D eigenvalue weighted by molar-refractivity contribution is 7.89. The van der Waals surface area contributed by atoms with Crippen molar-refractivity contribution in [1.29, 1.82) is 0 Å². The van der Waals surface area contributed by atoms with Crippen LogP contribution in [0.15, 0.2) is 17.0 Å². The molecule has 0 saturated heterocycles. The number of nitrogens with two attached hydrogens (primary N) is 1. The first-order valence-corrected chi connectivity index (χ1v) is 8.57. The monoisotopic (exact) mass is 316 g/mol. The normalized spacial score (nSPS) is 22.1. The van der Waals surface area contributed by atoms with Gasteiger partial charge in [0, 0.05) is 6.04 Å². The van der Waals surface area contributed by atoms with Crippen LogP contribution >= 0.6 is 11.6 Å². The minimum absolute atomic E-state index is 0.0138. The fourth-order valence-electron chi connectivity index (χ4n) is 2.72. The van der Waals surface area contributed by atoms with E-state index in [0.29, 0.717) is 10.6 Å². The Hall–Kier alpha value is -0.780. The van der Waals surface area contributed by atoms with Crippen molar-refractivity contribution < 1.29 is 8.42 Å². The molecule has 0 bridgehead atoms. The Kier molecular flexibility index (Phi) is 4.06. The van der Waals surface area contributed by atoms with Gasteiger partial charge in [-0.3, -0.25) is 0 Å². The van der Waals surface area contributed by atoms with Gasteiger partial charge in [-0.1, -0.05) is 31.9 Å². The molecule has 6 heteroatoms. The molecule has 0 aromatic heterocycles. The van der Waals surface area contributed by atoms with Gasteiger partial charge in [-0.15, -0.1) is 0 Å². The van der Waals surface area contributed by atoms with Crippen molar-refractivity contribution in [3.8, 4) is 0 Å². The lowest BCUT2D eigenvalue weighted by Gasteiger charge is -2.27. The van der Waals surface area contributed by atoms with E-state index in [1.54, 1.807) is 13.0 Å². The molecule has 1 aliphatic rings. The molecule has 4 nitrogen and oxygen atoms in total. The molecular weight excluding hydrogens is 296 g/mol. The van der Waals surface area contributed by atoms with E-state index < -0.39 is 10.0 Å². The van der Waals surface area contributed by atoms with E-state index in [2.05, 4.69) is 18.6 Å². The fraction of sp³-hybridized carbons (Fsp3) is 0.571. The Morgan fingerprint density at radius 2 is 2.05 bits per heavy atom. The number of halogens is 1. The number of anilines is 1. The summed E-state index contributed by atoms with van der Waals surface area (Å²) in [6.07, 6.45) is 2.94. The molecule has 3 N–H and O–H groups in total. The average molecular weight is 317 g/mol. The van der Waals surface area contributed by atoms with Gasteiger partial charge in [0.05, 0.1) is 15.6 Å². The summed E-state index contributed by atoms with van der Waals surface area (Å²) >= 11 is 5.98. The van der Waals surface area contributed by atoms with Gasteiger partial charge in [0.15, 0.2) is 0 Å². The summed E-state index contributed by atoms with van der Waals surface area (Å²) in [7, 11) is -3.57. The maximum Gasteiger partial charge on any atom is 0.240 e. The van der Waals surface area contributed by atoms with Crippen molar-refractivity contribution in [3.05, 3.63) is 22.7 Å². The molecule has 1 unspecified atom stereocenters. The third-order valence-corrected chi connectivity index (χ3v) is 6.09. The number of rotatable bonds is 3. The zero-order valence-corrected chi connectivity index (χ0v) is 13.6. The van der Waals surface area contributed by atoms with Crippen LogP contribution in [0, 0.1) is 12.3 Å². The maximum atomic E-state index is 12.5. The number of sulfonamides is 1. The van der Waals surface area contributed by atoms with E-state index in [1.165, 1.54) is 6.07 Å². The van der Waals surface area contributed by atoms with Gasteiger partial charge >= 0.3 is 0 Å². The molecule has 1 aromatic rings. The molecular formula is C14H21ClN2O2S. The van der Waals surface area contributed by atoms with Crippen LogP contribution in [0.3, 0.4) is 0 Å². The van der Waals surface area contributed by atoms with Crippen LogP contribution in [0.4, 0.5) is 5.69 Å². The first-order chi connectivity index (χ1) is 9.13. The van der Waals surface area contributed by atoms with Crippen molar-refractivity contribution in [3.63, 3.8) is 0 Å². The molecule has 0 spiro atoms. The molecule has 2 rings (SSSR count). The Bertz CT molecular complexity index is 603. The molecule has 1 aromatic carbocycles. The third-order valence-electron chi connectivity index (χ3n) is 4.12. The number of hydrogen-bond acceptors (Lipinski definition) is 3. The lowest BCUT2D eigenvalue weighted by atomic mass is 9.88. The first-order valence-electron chi connectivity index (χ1n) is 6.71. The molecule has 1 fully saturated rings. The summed E-state index contributed by atoms with van der Waals surface area (Å²) in [4.78, 5) is 0.180. The van der Waals surface area contributed by atoms with E-state index in [9.17, 15) is 8.42 Å². The lowest BCUT2D eigenvalue weighted by Crippen LogP contribution is -2.41. The highest BCUT2D eigenvalue weighted by atomic mass is 35.5. The minimum atomic E-state index is -3.57. The number of nitrogen functional groups attached to an aromatic ring is 1. The molecule has 0 amide bonds. The highest BCUT2D eigenvalue weighted by Crippen LogP contribution is 2.38. The Balaban J connectivity index is 2.32. The second-order valence-corrected chi connectivity index (χ2v) is 8.29. The van der Waals surface area contributed by atoms with Crippen LogP contribution in [-0.4, -0.2) is 14.5 Å². The van der Waals surface area contributed by atoms with Gasteiger partial charge in [0.1, 0.15) is 0 Å². The zero-order chi connectivity index (χ0) is 15.1. The molecule has 0 aliphatic heterocycles. The average Bonchev–Trinajstić information content (AvgIpc) is 2.64. The molecule has 20 heavy (non-hydrogen) atoms. The summed E-state index contributed by atoms with van der Waals surface area (Å²) in [5, 5.41) is 0.408. The van der Waals surface area contributed by atoms with Gasteiger partial charge < -0.3 is 5.73 Å². The Morgan fingerprint density at radius 1 is 1.40 bits per heavy atom. The lowest BCUT2D eigenvalue weighted by molar-refractivity contribution is 0.313. The zero-order valence-electron chi connectivity index (χ0n) is 12.0. The van der Waals surface area contributed by atoms with Crippen molar-refractivity contribution in [1.82, 2.24) is 4.72 Å². The molecule has 1 saturated carbocycles. The topological polar surface area (TPSA) is 72.2 Å². The second-order valence-electron chi connectivity index (χ2n) is 6.20. The predicted octanol–water partition coefficient (Wildman–Crippen LogP) is 3.09. The van der Waals surface area contributed by atoms with Gasteiger partial charge in [-0.05, 0) is 42.9 Å². The SMILES string of the molecule is Cc1cc(S(=O)(=O)NC2CCCC2(C)C)cc(N)c1Cl. The van der Waals surface area contributed by atoms with Crippen molar-refractivity contribution in [2.24, 2.45) is 5.41 Å². The molecule has 0 heterocycles. The number of aryl methyl sites for hydroxylation is 1. The molecule has 0 radical (unpaired) electrons. The van der Waals surface area contributed by atoms with Crippen LogP contribution in [-0.2, 0) is 10.0 Å². The van der Waals surface area contributed by atoms with Gasteiger partial charge in [-0.2, -0.15) is 0 Å². The highest BCUT2D eigenvalue weighted by Gasteiger charge is 2.37. The number of benzene rings is 1. The van der Waals surface area contributed by atoms with Gasteiger partial charge in [0.25, 0.3) is 0 Å². The van der Waals surface area contributed by atoms with E-state index >= 15 is 0 Å². The quantitative estimate of drug-likeness (QED) is 0.842. The Labute approximate surface area is 125 Å². The van der Waals surface area contributed by atoms with E-state index in [1.807, 2.05) is 0 Å². The second kappa shape index (κ2) is 5.20. The predicted molar refractivity (Wildman–Crippen MR) is 82.3 cm³/mol. The van der Waals surface area contributed by atoms with Crippen LogP contribution < -0.4 is 10.5 Å². The van der Waals surface area contributed by atoms with Crippen LogP contribution in [0.1, 0.15) is 38.7 Å². The van der Waals surface area contributed by atoms with Crippen LogP contribution in [0.5, 0.6) is 0 Å².